The Hall–Kier alpha value is -2.57. The molecule has 27 heavy (non-hydrogen) atoms. The molecule has 0 aliphatic carbocycles. The molecule has 0 saturated heterocycles. The number of para-hydroxylation sites is 2. The van der Waals surface area contributed by atoms with Crippen molar-refractivity contribution in [1.29, 1.82) is 0 Å². The van der Waals surface area contributed by atoms with Gasteiger partial charge in [-0.3, -0.25) is 0 Å². The van der Waals surface area contributed by atoms with Gasteiger partial charge in [0.25, 0.3) is 0 Å². The molecule has 1 heterocycles. The molecule has 6 heteroatoms. The van der Waals surface area contributed by atoms with E-state index < -0.39 is 6.10 Å². The Morgan fingerprint density at radius 1 is 1.11 bits per heavy atom. The zero-order chi connectivity index (χ0) is 19.4. The van der Waals surface area contributed by atoms with Crippen LogP contribution >= 0.6 is 0 Å². The first-order valence-corrected chi connectivity index (χ1v) is 9.19. The van der Waals surface area contributed by atoms with Crippen LogP contribution in [-0.4, -0.2) is 45.6 Å². The number of fused-ring (bicyclic) bond motifs is 1. The van der Waals surface area contributed by atoms with Crippen LogP contribution in [0.15, 0.2) is 36.4 Å². The van der Waals surface area contributed by atoms with E-state index in [1.54, 1.807) is 0 Å². The van der Waals surface area contributed by atoms with Crippen LogP contribution < -0.4 is 10.1 Å². The third kappa shape index (κ3) is 4.23. The molecule has 2 aromatic carbocycles. The highest BCUT2D eigenvalue weighted by molar-refractivity contribution is 5.78. The number of aliphatic hydroxyl groups excluding tert-OH is 2. The maximum absolute atomic E-state index is 10.6. The van der Waals surface area contributed by atoms with Crippen LogP contribution in [0.5, 0.6) is 5.75 Å². The van der Waals surface area contributed by atoms with Gasteiger partial charge in [0, 0.05) is 6.54 Å². The molecule has 1 atom stereocenters. The Morgan fingerprint density at radius 2 is 1.85 bits per heavy atom. The summed E-state index contributed by atoms with van der Waals surface area (Å²) in [6.07, 6.45) is -0.698. The van der Waals surface area contributed by atoms with Crippen molar-refractivity contribution in [2.45, 2.75) is 33.4 Å². The number of aromatic nitrogens is 2. The molecule has 144 valence electrons. The van der Waals surface area contributed by atoms with Gasteiger partial charge < -0.3 is 24.8 Å². The van der Waals surface area contributed by atoms with Crippen molar-refractivity contribution in [1.82, 2.24) is 9.55 Å². The molecule has 0 aliphatic rings. The summed E-state index contributed by atoms with van der Waals surface area (Å²) in [6.45, 7) is 7.04. The fourth-order valence-electron chi connectivity index (χ4n) is 3.15. The number of aliphatic hydroxyl groups is 2. The van der Waals surface area contributed by atoms with Crippen LogP contribution in [-0.2, 0) is 6.54 Å². The normalized spacial score (nSPS) is 12.3. The van der Waals surface area contributed by atoms with Gasteiger partial charge >= 0.3 is 0 Å². The first kappa shape index (κ1) is 19.2. The Morgan fingerprint density at radius 3 is 2.63 bits per heavy atom. The van der Waals surface area contributed by atoms with Gasteiger partial charge in [0.15, 0.2) is 0 Å². The fourth-order valence-corrected chi connectivity index (χ4v) is 3.15. The zero-order valence-corrected chi connectivity index (χ0v) is 16.1. The summed E-state index contributed by atoms with van der Waals surface area (Å²) in [5, 5.41) is 22.8. The standard InChI is InChI=1S/C21H27N3O3/c1-14-8-9-15(2)20(16(14)3)27-13-17(26)12-24-19-7-5-4-6-18(19)23-21(24)22-10-11-25/h4-9,17,25-26H,10-13H2,1-3H3,(H,22,23)/t17-/m0/s1. The maximum atomic E-state index is 10.6. The molecule has 0 aliphatic heterocycles. The van der Waals surface area contributed by atoms with Crippen LogP contribution in [0.3, 0.4) is 0 Å². The van der Waals surface area contributed by atoms with Gasteiger partial charge in [-0.05, 0) is 49.6 Å². The molecule has 3 aromatic rings. The Balaban J connectivity index is 1.76. The third-order valence-electron chi connectivity index (χ3n) is 4.74. The van der Waals surface area contributed by atoms with E-state index in [4.69, 9.17) is 9.84 Å². The fraction of sp³-hybridized carbons (Fsp3) is 0.381. The predicted molar refractivity (Wildman–Crippen MR) is 107 cm³/mol. The van der Waals surface area contributed by atoms with Crippen molar-refractivity contribution in [3.05, 3.63) is 53.1 Å². The number of aryl methyl sites for hydroxylation is 2. The first-order valence-electron chi connectivity index (χ1n) is 9.19. The lowest BCUT2D eigenvalue weighted by Crippen LogP contribution is -2.25. The summed E-state index contributed by atoms with van der Waals surface area (Å²) in [7, 11) is 0. The lowest BCUT2D eigenvalue weighted by molar-refractivity contribution is 0.0931. The van der Waals surface area contributed by atoms with Crippen LogP contribution in [0.1, 0.15) is 16.7 Å². The summed E-state index contributed by atoms with van der Waals surface area (Å²) < 4.78 is 7.87. The average Bonchev–Trinajstić information content (AvgIpc) is 3.00. The summed E-state index contributed by atoms with van der Waals surface area (Å²) in [5.74, 6) is 1.47. The predicted octanol–water partition coefficient (Wildman–Crippen LogP) is 2.81. The molecule has 0 unspecified atom stereocenters. The van der Waals surface area contributed by atoms with Crippen molar-refractivity contribution in [3.63, 3.8) is 0 Å². The number of imidazole rings is 1. The van der Waals surface area contributed by atoms with Gasteiger partial charge in [-0.15, -0.1) is 0 Å². The van der Waals surface area contributed by atoms with Gasteiger partial charge in [-0.2, -0.15) is 0 Å². The van der Waals surface area contributed by atoms with E-state index in [2.05, 4.69) is 23.3 Å². The van der Waals surface area contributed by atoms with E-state index in [0.29, 0.717) is 19.0 Å². The maximum Gasteiger partial charge on any atom is 0.204 e. The lowest BCUT2D eigenvalue weighted by atomic mass is 10.1. The van der Waals surface area contributed by atoms with E-state index >= 15 is 0 Å². The molecule has 0 amide bonds. The van der Waals surface area contributed by atoms with Gasteiger partial charge in [-0.25, -0.2) is 4.98 Å². The number of hydrogen-bond donors (Lipinski definition) is 3. The van der Waals surface area contributed by atoms with Crippen molar-refractivity contribution < 1.29 is 14.9 Å². The van der Waals surface area contributed by atoms with E-state index in [9.17, 15) is 5.11 Å². The molecule has 0 bridgehead atoms. The average molecular weight is 369 g/mol. The number of nitrogens with one attached hydrogen (secondary N) is 1. The van der Waals surface area contributed by atoms with Gasteiger partial charge in [0.2, 0.25) is 5.95 Å². The topological polar surface area (TPSA) is 79.5 Å². The van der Waals surface area contributed by atoms with Crippen molar-refractivity contribution in [2.75, 3.05) is 25.1 Å². The van der Waals surface area contributed by atoms with Gasteiger partial charge in [0.05, 0.1) is 24.2 Å². The molecule has 0 fully saturated rings. The van der Waals surface area contributed by atoms with E-state index in [1.807, 2.05) is 48.7 Å². The second-order valence-electron chi connectivity index (χ2n) is 6.80. The zero-order valence-electron chi connectivity index (χ0n) is 16.1. The lowest BCUT2D eigenvalue weighted by Gasteiger charge is -2.18. The second-order valence-corrected chi connectivity index (χ2v) is 6.80. The van der Waals surface area contributed by atoms with Gasteiger partial charge in [0.1, 0.15) is 18.5 Å². The largest absolute Gasteiger partial charge is 0.490 e. The number of ether oxygens (including phenoxy) is 1. The summed E-state index contributed by atoms with van der Waals surface area (Å²) >= 11 is 0. The molecule has 3 rings (SSSR count). The number of hydrogen-bond acceptors (Lipinski definition) is 5. The van der Waals surface area contributed by atoms with Gasteiger partial charge in [-0.1, -0.05) is 24.3 Å². The summed E-state index contributed by atoms with van der Waals surface area (Å²) in [5.41, 5.74) is 5.10. The van der Waals surface area contributed by atoms with Crippen LogP contribution in [0.25, 0.3) is 11.0 Å². The highest BCUT2D eigenvalue weighted by Gasteiger charge is 2.15. The Kier molecular flexibility index (Phi) is 5.98. The minimum Gasteiger partial charge on any atom is -0.490 e. The minimum absolute atomic E-state index is 0.0147. The number of rotatable bonds is 8. The molecular weight excluding hydrogens is 342 g/mol. The number of benzene rings is 2. The summed E-state index contributed by atoms with van der Waals surface area (Å²) in [4.78, 5) is 4.55. The molecular formula is C21H27N3O3. The van der Waals surface area contributed by atoms with E-state index in [-0.39, 0.29) is 13.2 Å². The molecule has 6 nitrogen and oxygen atoms in total. The third-order valence-corrected chi connectivity index (χ3v) is 4.74. The molecule has 3 N–H and O–H groups in total. The second kappa shape index (κ2) is 8.41. The number of nitrogens with zero attached hydrogens (tertiary/aromatic N) is 2. The van der Waals surface area contributed by atoms with Crippen LogP contribution in [0.2, 0.25) is 0 Å². The number of anilines is 1. The quantitative estimate of drug-likeness (QED) is 0.569. The van der Waals surface area contributed by atoms with Crippen molar-refractivity contribution >= 4 is 17.0 Å². The van der Waals surface area contributed by atoms with Crippen molar-refractivity contribution in [3.8, 4) is 5.75 Å². The minimum atomic E-state index is -0.698. The Labute approximate surface area is 159 Å². The molecule has 1 aromatic heterocycles. The summed E-state index contributed by atoms with van der Waals surface area (Å²) in [6, 6.07) is 11.9. The highest BCUT2D eigenvalue weighted by Crippen LogP contribution is 2.26. The highest BCUT2D eigenvalue weighted by atomic mass is 16.5. The van der Waals surface area contributed by atoms with Crippen LogP contribution in [0.4, 0.5) is 5.95 Å². The smallest absolute Gasteiger partial charge is 0.204 e. The van der Waals surface area contributed by atoms with Crippen LogP contribution in [0, 0.1) is 20.8 Å². The molecule has 0 spiro atoms. The van der Waals surface area contributed by atoms with Crippen molar-refractivity contribution in [2.24, 2.45) is 0 Å². The van der Waals surface area contributed by atoms with E-state index in [0.717, 1.165) is 27.9 Å². The SMILES string of the molecule is Cc1ccc(C)c(OC[C@@H](O)Cn2c(NCCO)nc3ccccc32)c1C. The Bertz CT molecular complexity index is 920. The van der Waals surface area contributed by atoms with E-state index in [1.165, 1.54) is 5.56 Å². The molecule has 0 saturated carbocycles. The first-order chi connectivity index (χ1) is 13.0. The monoisotopic (exact) mass is 369 g/mol. The molecule has 0 radical (unpaired) electrons.